The molecular weight excluding hydrogens is 450 g/mol. The number of ether oxygens (including phenoxy) is 3. The Hall–Kier alpha value is -3.01. The highest BCUT2D eigenvalue weighted by atomic mass is 35.5. The van der Waals surface area contributed by atoms with Crippen molar-refractivity contribution in [2.75, 3.05) is 25.3 Å². The number of benzene rings is 2. The third-order valence-corrected chi connectivity index (χ3v) is 5.85. The van der Waals surface area contributed by atoms with E-state index in [1.807, 2.05) is 0 Å². The topological polar surface area (TPSA) is 118 Å². The van der Waals surface area contributed by atoms with E-state index in [1.165, 1.54) is 0 Å². The van der Waals surface area contributed by atoms with Gasteiger partial charge >= 0.3 is 6.03 Å². The molecule has 0 bridgehead atoms. The molecule has 2 aliphatic rings. The number of aliphatic hydroxyl groups excluding tert-OH is 1. The molecule has 9 nitrogen and oxygen atoms in total. The molecule has 176 valence electrons. The van der Waals surface area contributed by atoms with Crippen molar-refractivity contribution < 1.29 is 28.9 Å². The lowest BCUT2D eigenvalue weighted by atomic mass is 9.96. The van der Waals surface area contributed by atoms with Crippen molar-refractivity contribution in [2.45, 2.75) is 37.5 Å². The van der Waals surface area contributed by atoms with Crippen LogP contribution in [0.25, 0.3) is 0 Å². The summed E-state index contributed by atoms with van der Waals surface area (Å²) in [5.74, 6) is 0.882. The summed E-state index contributed by atoms with van der Waals surface area (Å²) in [4.78, 5) is 24.7. The van der Waals surface area contributed by atoms with E-state index in [9.17, 15) is 14.7 Å². The maximum Gasteiger partial charge on any atom is 0.319 e. The number of hydrogen-bond donors (Lipinski definition) is 4. The number of carbonyl (C=O) groups excluding carboxylic acids is 2. The quantitative estimate of drug-likeness (QED) is 0.489. The van der Waals surface area contributed by atoms with Crippen LogP contribution in [0.15, 0.2) is 42.5 Å². The molecule has 3 atom stereocenters. The molecule has 3 amide bonds. The molecule has 0 aromatic heterocycles. The summed E-state index contributed by atoms with van der Waals surface area (Å²) in [7, 11) is 0. The van der Waals surface area contributed by atoms with Gasteiger partial charge in [0.1, 0.15) is 6.10 Å². The van der Waals surface area contributed by atoms with E-state index in [0.717, 1.165) is 0 Å². The molecule has 2 aliphatic heterocycles. The van der Waals surface area contributed by atoms with Crippen molar-refractivity contribution in [3.8, 4) is 11.5 Å². The zero-order valence-electron chi connectivity index (χ0n) is 17.9. The standard InChI is InChI=1S/C23H26ClN3O6/c24-15-2-4-16(5-3-15)26-23(30)25-10-9-17-6-7-18(21(12-28)33-17)27-22(29)14-1-8-19-20(11-14)32-13-31-19/h1-5,8,11,17-18,21,28H,6-7,9-10,12-13H2,(H,27,29)(H2,25,26,30)/t17-,18-,21-/m1/s1. The van der Waals surface area contributed by atoms with Crippen LogP contribution in [0.5, 0.6) is 11.5 Å². The van der Waals surface area contributed by atoms with Gasteiger partial charge in [-0.1, -0.05) is 11.6 Å². The van der Waals surface area contributed by atoms with Crippen molar-refractivity contribution in [2.24, 2.45) is 0 Å². The molecular formula is C23H26ClN3O6. The fraction of sp³-hybridized carbons (Fsp3) is 0.391. The number of rotatable bonds is 7. The van der Waals surface area contributed by atoms with Crippen LogP contribution in [0.2, 0.25) is 5.02 Å². The van der Waals surface area contributed by atoms with Crippen molar-refractivity contribution in [1.29, 1.82) is 0 Å². The number of carbonyl (C=O) groups is 2. The summed E-state index contributed by atoms with van der Waals surface area (Å²) >= 11 is 5.84. The van der Waals surface area contributed by atoms with Crippen LogP contribution in [0.3, 0.4) is 0 Å². The van der Waals surface area contributed by atoms with Gasteiger partial charge in [0.15, 0.2) is 11.5 Å². The van der Waals surface area contributed by atoms with Gasteiger partial charge in [0.05, 0.1) is 18.8 Å². The summed E-state index contributed by atoms with van der Waals surface area (Å²) in [6.07, 6.45) is 1.29. The van der Waals surface area contributed by atoms with Crippen LogP contribution in [-0.2, 0) is 4.74 Å². The van der Waals surface area contributed by atoms with Crippen LogP contribution in [0, 0.1) is 0 Å². The van der Waals surface area contributed by atoms with Crippen LogP contribution in [0.4, 0.5) is 10.5 Å². The SMILES string of the molecule is O=C(NCC[C@H]1CC[C@@H](NC(=O)c2ccc3c(c2)OCO3)[C@@H](CO)O1)Nc1ccc(Cl)cc1. The van der Waals surface area contributed by atoms with Gasteiger partial charge in [-0.15, -0.1) is 0 Å². The van der Waals surface area contributed by atoms with Crippen molar-refractivity contribution in [3.63, 3.8) is 0 Å². The smallest absolute Gasteiger partial charge is 0.319 e. The number of halogens is 1. The summed E-state index contributed by atoms with van der Waals surface area (Å²) in [5, 5.41) is 18.9. The highest BCUT2D eigenvalue weighted by molar-refractivity contribution is 6.30. The molecule has 4 N–H and O–H groups in total. The van der Waals surface area contributed by atoms with Crippen LogP contribution in [-0.4, -0.2) is 55.2 Å². The average molecular weight is 476 g/mol. The lowest BCUT2D eigenvalue weighted by Crippen LogP contribution is -2.51. The van der Waals surface area contributed by atoms with Gasteiger partial charge in [0.2, 0.25) is 6.79 Å². The average Bonchev–Trinajstić information content (AvgIpc) is 3.29. The Morgan fingerprint density at radius 1 is 1.06 bits per heavy atom. The number of nitrogens with one attached hydrogen (secondary N) is 3. The monoisotopic (exact) mass is 475 g/mol. The molecule has 4 rings (SSSR count). The van der Waals surface area contributed by atoms with Crippen molar-refractivity contribution in [3.05, 3.63) is 53.1 Å². The highest BCUT2D eigenvalue weighted by Crippen LogP contribution is 2.32. The third kappa shape index (κ3) is 6.07. The highest BCUT2D eigenvalue weighted by Gasteiger charge is 2.32. The van der Waals surface area contributed by atoms with Gasteiger partial charge < -0.3 is 35.3 Å². The van der Waals surface area contributed by atoms with Gasteiger partial charge in [0.25, 0.3) is 5.91 Å². The summed E-state index contributed by atoms with van der Waals surface area (Å²) in [6, 6.07) is 11.2. The molecule has 2 aromatic carbocycles. The Labute approximate surface area is 196 Å². The zero-order chi connectivity index (χ0) is 23.2. The minimum Gasteiger partial charge on any atom is -0.454 e. The first-order valence-electron chi connectivity index (χ1n) is 10.8. The number of amides is 3. The molecule has 0 unspecified atom stereocenters. The Morgan fingerprint density at radius 3 is 2.64 bits per heavy atom. The molecule has 10 heteroatoms. The number of hydrogen-bond acceptors (Lipinski definition) is 6. The third-order valence-electron chi connectivity index (χ3n) is 5.60. The maximum atomic E-state index is 12.7. The molecule has 0 aliphatic carbocycles. The van der Waals surface area contributed by atoms with Crippen molar-refractivity contribution >= 4 is 29.2 Å². The molecule has 33 heavy (non-hydrogen) atoms. The molecule has 1 fully saturated rings. The molecule has 0 saturated carbocycles. The first-order chi connectivity index (χ1) is 16.0. The number of aliphatic hydroxyl groups is 1. The summed E-state index contributed by atoms with van der Waals surface area (Å²) in [6.45, 7) is 0.339. The van der Waals surface area contributed by atoms with Crippen LogP contribution in [0.1, 0.15) is 29.6 Å². The Balaban J connectivity index is 1.21. The first kappa shape index (κ1) is 23.2. The summed E-state index contributed by atoms with van der Waals surface area (Å²) < 4.78 is 16.6. The van der Waals surface area contributed by atoms with Gasteiger partial charge in [-0.25, -0.2) is 4.79 Å². The van der Waals surface area contributed by atoms with E-state index < -0.39 is 6.10 Å². The Kier molecular flexibility index (Phi) is 7.54. The van der Waals surface area contributed by atoms with Crippen molar-refractivity contribution in [1.82, 2.24) is 10.6 Å². The van der Waals surface area contributed by atoms with E-state index in [4.69, 9.17) is 25.8 Å². The first-order valence-corrected chi connectivity index (χ1v) is 11.2. The predicted octanol–water partition coefficient (Wildman–Crippen LogP) is 2.92. The minimum atomic E-state index is -0.524. The minimum absolute atomic E-state index is 0.128. The van der Waals surface area contributed by atoms with Gasteiger partial charge in [0, 0.05) is 22.8 Å². The molecule has 2 aromatic rings. The largest absolute Gasteiger partial charge is 0.454 e. The second kappa shape index (κ2) is 10.7. The number of anilines is 1. The van der Waals surface area contributed by atoms with Gasteiger partial charge in [-0.05, 0) is 61.7 Å². The van der Waals surface area contributed by atoms with Crippen LogP contribution >= 0.6 is 11.6 Å². The number of urea groups is 1. The number of fused-ring (bicyclic) bond motifs is 1. The van der Waals surface area contributed by atoms with E-state index in [1.54, 1.807) is 42.5 Å². The second-order valence-electron chi connectivity index (χ2n) is 7.88. The predicted molar refractivity (Wildman–Crippen MR) is 122 cm³/mol. The molecule has 2 heterocycles. The van der Waals surface area contributed by atoms with E-state index >= 15 is 0 Å². The summed E-state index contributed by atoms with van der Waals surface area (Å²) in [5.41, 5.74) is 1.10. The van der Waals surface area contributed by atoms with Gasteiger partial charge in [-0.2, -0.15) is 0 Å². The molecule has 0 radical (unpaired) electrons. The Morgan fingerprint density at radius 2 is 1.85 bits per heavy atom. The lowest BCUT2D eigenvalue weighted by molar-refractivity contribution is -0.0892. The van der Waals surface area contributed by atoms with E-state index in [2.05, 4.69) is 16.0 Å². The lowest BCUT2D eigenvalue weighted by Gasteiger charge is -2.36. The van der Waals surface area contributed by atoms with E-state index in [0.29, 0.717) is 53.6 Å². The zero-order valence-corrected chi connectivity index (χ0v) is 18.6. The normalized spacial score (nSPS) is 21.3. The molecule has 0 spiro atoms. The van der Waals surface area contributed by atoms with Gasteiger partial charge in [-0.3, -0.25) is 4.79 Å². The Bertz CT molecular complexity index is 987. The fourth-order valence-corrected chi connectivity index (χ4v) is 3.98. The second-order valence-corrected chi connectivity index (χ2v) is 8.32. The van der Waals surface area contributed by atoms with E-state index in [-0.39, 0.29) is 37.5 Å². The fourth-order valence-electron chi connectivity index (χ4n) is 3.85. The van der Waals surface area contributed by atoms with Crippen LogP contribution < -0.4 is 25.4 Å². The maximum absolute atomic E-state index is 12.7. The molecule has 1 saturated heterocycles.